The lowest BCUT2D eigenvalue weighted by atomic mass is 9.96. The number of halogens is 2. The summed E-state index contributed by atoms with van der Waals surface area (Å²) in [5, 5.41) is 0. The van der Waals surface area contributed by atoms with Gasteiger partial charge in [0.05, 0.1) is 0 Å². The van der Waals surface area contributed by atoms with Crippen molar-refractivity contribution < 1.29 is 13.6 Å². The third-order valence-electron chi connectivity index (χ3n) is 2.53. The van der Waals surface area contributed by atoms with Gasteiger partial charge in [-0.05, 0) is 17.5 Å². The first-order chi connectivity index (χ1) is 7.47. The summed E-state index contributed by atoms with van der Waals surface area (Å²) >= 11 is 0. The maximum absolute atomic E-state index is 13.1. The van der Waals surface area contributed by atoms with Crippen LogP contribution in [0.1, 0.15) is 24.8 Å². The van der Waals surface area contributed by atoms with Crippen molar-refractivity contribution in [2.24, 2.45) is 0 Å². The predicted octanol–water partition coefficient (Wildman–Crippen LogP) is 2.72. The van der Waals surface area contributed by atoms with Gasteiger partial charge in [-0.1, -0.05) is 6.92 Å². The van der Waals surface area contributed by atoms with E-state index in [1.165, 1.54) is 6.07 Å². The lowest BCUT2D eigenvalue weighted by Crippen LogP contribution is -2.13. The molecule has 0 spiro atoms. The van der Waals surface area contributed by atoms with E-state index in [9.17, 15) is 13.6 Å². The minimum Gasteiger partial charge on any atom is -0.377 e. The largest absolute Gasteiger partial charge is 0.377 e. The van der Waals surface area contributed by atoms with Crippen LogP contribution in [-0.4, -0.2) is 20.4 Å². The van der Waals surface area contributed by atoms with Gasteiger partial charge in [0.25, 0.3) is 0 Å². The molecular formula is C12H15F2NO. The quantitative estimate of drug-likeness (QED) is 0.737. The maximum atomic E-state index is 13.1. The van der Waals surface area contributed by atoms with Crippen LogP contribution in [0.5, 0.6) is 0 Å². The van der Waals surface area contributed by atoms with E-state index in [2.05, 4.69) is 0 Å². The van der Waals surface area contributed by atoms with Crippen molar-refractivity contribution in [1.29, 1.82) is 0 Å². The van der Waals surface area contributed by atoms with Gasteiger partial charge in [0.1, 0.15) is 6.29 Å². The second-order valence-electron chi connectivity index (χ2n) is 4.02. The fourth-order valence-electron chi connectivity index (χ4n) is 1.61. The van der Waals surface area contributed by atoms with Crippen molar-refractivity contribution in [3.05, 3.63) is 29.3 Å². The third kappa shape index (κ3) is 2.56. The van der Waals surface area contributed by atoms with E-state index in [-0.39, 0.29) is 5.92 Å². The number of nitrogens with zero attached hydrogens (tertiary/aromatic N) is 1. The second-order valence-corrected chi connectivity index (χ2v) is 4.02. The first kappa shape index (κ1) is 12.6. The molecule has 0 N–H and O–H groups in total. The molecule has 0 amide bonds. The van der Waals surface area contributed by atoms with Crippen LogP contribution >= 0.6 is 0 Å². The average Bonchev–Trinajstić information content (AvgIpc) is 2.21. The fourth-order valence-corrected chi connectivity index (χ4v) is 1.61. The molecule has 2 nitrogen and oxygen atoms in total. The molecule has 0 saturated heterocycles. The number of carbonyl (C=O) groups excluding carboxylic acids is 1. The van der Waals surface area contributed by atoms with Crippen molar-refractivity contribution in [1.82, 2.24) is 0 Å². The van der Waals surface area contributed by atoms with Crippen molar-refractivity contribution >= 4 is 12.0 Å². The highest BCUT2D eigenvalue weighted by molar-refractivity contribution is 5.58. The SMILES string of the molecule is CC(CC=O)c1cc(F)c(F)cc1N(C)C. The Kier molecular flexibility index (Phi) is 3.99. The summed E-state index contributed by atoms with van der Waals surface area (Å²) in [5.74, 6) is -1.87. The Balaban J connectivity index is 3.24. The minimum atomic E-state index is -0.877. The number of hydrogen-bond acceptors (Lipinski definition) is 2. The molecular weight excluding hydrogens is 212 g/mol. The zero-order valence-corrected chi connectivity index (χ0v) is 9.63. The van der Waals surface area contributed by atoms with Gasteiger partial charge in [0, 0.05) is 32.3 Å². The predicted molar refractivity (Wildman–Crippen MR) is 59.8 cm³/mol. The van der Waals surface area contributed by atoms with Crippen molar-refractivity contribution in [3.8, 4) is 0 Å². The Bertz CT molecular complexity index is 391. The summed E-state index contributed by atoms with van der Waals surface area (Å²) in [5.41, 5.74) is 1.25. The molecule has 0 bridgehead atoms. The van der Waals surface area contributed by atoms with Crippen molar-refractivity contribution in [3.63, 3.8) is 0 Å². The van der Waals surface area contributed by atoms with E-state index in [0.29, 0.717) is 17.7 Å². The molecule has 4 heteroatoms. The molecule has 0 saturated carbocycles. The second kappa shape index (κ2) is 5.05. The Morgan fingerprint density at radius 1 is 1.31 bits per heavy atom. The fraction of sp³-hybridized carbons (Fsp3) is 0.417. The zero-order chi connectivity index (χ0) is 12.3. The molecule has 1 aromatic rings. The van der Waals surface area contributed by atoms with Gasteiger partial charge in [-0.25, -0.2) is 8.78 Å². The first-order valence-corrected chi connectivity index (χ1v) is 5.07. The van der Waals surface area contributed by atoms with Gasteiger partial charge in [-0.15, -0.1) is 0 Å². The highest BCUT2D eigenvalue weighted by atomic mass is 19.2. The Morgan fingerprint density at radius 3 is 2.38 bits per heavy atom. The van der Waals surface area contributed by atoms with Crippen LogP contribution in [0.25, 0.3) is 0 Å². The molecule has 16 heavy (non-hydrogen) atoms. The smallest absolute Gasteiger partial charge is 0.160 e. The molecule has 0 aliphatic carbocycles. The molecule has 0 fully saturated rings. The maximum Gasteiger partial charge on any atom is 0.160 e. The molecule has 1 unspecified atom stereocenters. The molecule has 0 aliphatic rings. The number of hydrogen-bond donors (Lipinski definition) is 0. The van der Waals surface area contributed by atoms with Gasteiger partial charge in [-0.2, -0.15) is 0 Å². The van der Waals surface area contributed by atoms with E-state index in [1.807, 2.05) is 6.92 Å². The molecule has 1 rings (SSSR count). The van der Waals surface area contributed by atoms with Gasteiger partial charge < -0.3 is 9.69 Å². The van der Waals surface area contributed by atoms with Crippen molar-refractivity contribution in [2.75, 3.05) is 19.0 Å². The number of benzene rings is 1. The number of anilines is 1. The van der Waals surface area contributed by atoms with Crippen LogP contribution in [0.3, 0.4) is 0 Å². The van der Waals surface area contributed by atoms with Gasteiger partial charge in [0.15, 0.2) is 11.6 Å². The van der Waals surface area contributed by atoms with E-state index in [4.69, 9.17) is 0 Å². The number of aldehydes is 1. The summed E-state index contributed by atoms with van der Waals surface area (Å²) in [4.78, 5) is 12.1. The Morgan fingerprint density at radius 2 is 1.88 bits per heavy atom. The summed E-state index contributed by atoms with van der Waals surface area (Å²) in [6, 6.07) is 2.32. The monoisotopic (exact) mass is 227 g/mol. The number of rotatable bonds is 4. The summed E-state index contributed by atoms with van der Waals surface area (Å²) in [6.45, 7) is 1.81. The number of carbonyl (C=O) groups is 1. The van der Waals surface area contributed by atoms with Crippen LogP contribution in [0.2, 0.25) is 0 Å². The normalized spacial score (nSPS) is 12.3. The average molecular weight is 227 g/mol. The first-order valence-electron chi connectivity index (χ1n) is 5.07. The van der Waals surface area contributed by atoms with Gasteiger partial charge >= 0.3 is 0 Å². The summed E-state index contributed by atoms with van der Waals surface area (Å²) in [6.07, 6.45) is 1.08. The van der Waals surface area contributed by atoms with Gasteiger partial charge in [0.2, 0.25) is 0 Å². The zero-order valence-electron chi connectivity index (χ0n) is 9.63. The van der Waals surface area contributed by atoms with E-state index < -0.39 is 11.6 Å². The summed E-state index contributed by atoms with van der Waals surface area (Å²) in [7, 11) is 3.51. The molecule has 1 atom stereocenters. The van der Waals surface area contributed by atoms with Crippen LogP contribution in [0.15, 0.2) is 12.1 Å². The van der Waals surface area contributed by atoms with Gasteiger partial charge in [-0.3, -0.25) is 0 Å². The van der Waals surface area contributed by atoms with E-state index >= 15 is 0 Å². The van der Waals surface area contributed by atoms with Crippen LogP contribution < -0.4 is 4.90 Å². The van der Waals surface area contributed by atoms with Crippen LogP contribution in [0.4, 0.5) is 14.5 Å². The lowest BCUT2D eigenvalue weighted by molar-refractivity contribution is -0.108. The molecule has 0 radical (unpaired) electrons. The van der Waals surface area contributed by atoms with Crippen LogP contribution in [-0.2, 0) is 4.79 Å². The van der Waals surface area contributed by atoms with Crippen LogP contribution in [0, 0.1) is 11.6 Å². The molecule has 0 heterocycles. The third-order valence-corrected chi connectivity index (χ3v) is 2.53. The Hall–Kier alpha value is -1.45. The van der Waals surface area contributed by atoms with E-state index in [1.54, 1.807) is 19.0 Å². The molecule has 88 valence electrons. The topological polar surface area (TPSA) is 20.3 Å². The van der Waals surface area contributed by atoms with E-state index in [0.717, 1.165) is 12.4 Å². The summed E-state index contributed by atoms with van der Waals surface area (Å²) < 4.78 is 26.2. The Labute approximate surface area is 93.9 Å². The highest BCUT2D eigenvalue weighted by Gasteiger charge is 2.16. The minimum absolute atomic E-state index is 0.120. The molecule has 1 aromatic carbocycles. The molecule has 0 aromatic heterocycles. The van der Waals surface area contributed by atoms with Crippen molar-refractivity contribution in [2.45, 2.75) is 19.3 Å². The standard InChI is InChI=1S/C12H15F2NO/c1-8(4-5-16)9-6-10(13)11(14)7-12(9)15(2)3/h5-8H,4H2,1-3H3. The molecule has 0 aliphatic heterocycles. The highest BCUT2D eigenvalue weighted by Crippen LogP contribution is 2.30. The lowest BCUT2D eigenvalue weighted by Gasteiger charge is -2.21.